The molecule has 1 aliphatic carbocycles. The minimum atomic E-state index is -1.68. The molecule has 5 rings (SSSR count). The first-order valence-electron chi connectivity index (χ1n) is 14.5. The summed E-state index contributed by atoms with van der Waals surface area (Å²) in [5, 5.41) is 0.991. The molecule has 3 aromatic carbocycles. The molecule has 4 aromatic rings. The Morgan fingerprint density at radius 1 is 0.833 bits per heavy atom. The third-order valence-electron chi connectivity index (χ3n) is 8.43. The zero-order valence-electron chi connectivity index (χ0n) is 24.7. The number of ketones is 1. The van der Waals surface area contributed by atoms with Crippen molar-refractivity contribution in [2.45, 2.75) is 38.8 Å². The first kappa shape index (κ1) is 29.3. The van der Waals surface area contributed by atoms with Crippen LogP contribution in [-0.4, -0.2) is 60.5 Å². The molecular formula is C35H38N2O5. The highest BCUT2D eigenvalue weighted by molar-refractivity contribution is 6.06. The number of nitrogens with zero attached hydrogens (tertiary/aromatic N) is 2. The van der Waals surface area contributed by atoms with Crippen LogP contribution in [0.3, 0.4) is 0 Å². The van der Waals surface area contributed by atoms with E-state index in [0.29, 0.717) is 12.1 Å². The molecular weight excluding hydrogens is 528 g/mol. The number of ether oxygens (including phenoxy) is 2. The lowest BCUT2D eigenvalue weighted by molar-refractivity contribution is -0.176. The summed E-state index contributed by atoms with van der Waals surface area (Å²) >= 11 is 0. The Morgan fingerprint density at radius 3 is 2.00 bits per heavy atom. The first-order chi connectivity index (χ1) is 20.3. The predicted octanol–water partition coefficient (Wildman–Crippen LogP) is 5.72. The summed E-state index contributed by atoms with van der Waals surface area (Å²) in [5.74, 6) is -2.59. The number of esters is 2. The fraction of sp³-hybridized carbons (Fsp3) is 0.343. The average molecular weight is 567 g/mol. The maximum Gasteiger partial charge on any atom is 0.325 e. The van der Waals surface area contributed by atoms with Gasteiger partial charge in [-0.3, -0.25) is 14.4 Å². The number of benzene rings is 3. The van der Waals surface area contributed by atoms with Gasteiger partial charge >= 0.3 is 11.9 Å². The van der Waals surface area contributed by atoms with Gasteiger partial charge in [0.15, 0.2) is 11.2 Å². The molecule has 1 aliphatic rings. The van der Waals surface area contributed by atoms with E-state index in [9.17, 15) is 14.4 Å². The number of rotatable bonds is 10. The van der Waals surface area contributed by atoms with Gasteiger partial charge in [0, 0.05) is 41.2 Å². The Labute approximate surface area is 247 Å². The van der Waals surface area contributed by atoms with Crippen LogP contribution in [0.5, 0.6) is 0 Å². The van der Waals surface area contributed by atoms with Crippen molar-refractivity contribution in [1.82, 2.24) is 9.47 Å². The second-order valence-electron chi connectivity index (χ2n) is 11.1. The quantitative estimate of drug-likeness (QED) is 0.139. The monoisotopic (exact) mass is 566 g/mol. The molecule has 0 bridgehead atoms. The second kappa shape index (κ2) is 12.3. The fourth-order valence-corrected chi connectivity index (χ4v) is 6.80. The highest BCUT2D eigenvalue weighted by Crippen LogP contribution is 2.56. The number of carbonyl (C=O) groups is 3. The van der Waals surface area contributed by atoms with E-state index in [-0.39, 0.29) is 25.4 Å². The third kappa shape index (κ3) is 5.13. The Hall–Kier alpha value is -4.23. The molecule has 1 fully saturated rings. The summed E-state index contributed by atoms with van der Waals surface area (Å²) in [5.41, 5.74) is 1.95. The molecule has 7 heteroatoms. The molecule has 1 heterocycles. The van der Waals surface area contributed by atoms with Crippen molar-refractivity contribution in [2.24, 2.45) is 11.3 Å². The molecule has 218 valence electrons. The van der Waals surface area contributed by atoms with Gasteiger partial charge in [-0.1, -0.05) is 78.9 Å². The minimum absolute atomic E-state index is 0.0934. The minimum Gasteiger partial charge on any atom is -0.465 e. The molecule has 42 heavy (non-hydrogen) atoms. The molecule has 1 aromatic heterocycles. The molecule has 1 saturated carbocycles. The molecule has 7 nitrogen and oxygen atoms in total. The van der Waals surface area contributed by atoms with Gasteiger partial charge in [-0.05, 0) is 57.5 Å². The largest absolute Gasteiger partial charge is 0.465 e. The van der Waals surface area contributed by atoms with E-state index in [1.165, 1.54) is 0 Å². The van der Waals surface area contributed by atoms with E-state index in [1.54, 1.807) is 26.0 Å². The van der Waals surface area contributed by atoms with Crippen molar-refractivity contribution in [3.63, 3.8) is 0 Å². The Morgan fingerprint density at radius 2 is 1.40 bits per heavy atom. The highest BCUT2D eigenvalue weighted by atomic mass is 16.6. The lowest BCUT2D eigenvalue weighted by Gasteiger charge is -2.37. The van der Waals surface area contributed by atoms with Crippen molar-refractivity contribution < 1.29 is 23.9 Å². The van der Waals surface area contributed by atoms with Crippen LogP contribution in [0, 0.1) is 11.3 Å². The Bertz CT molecular complexity index is 1540. The van der Waals surface area contributed by atoms with E-state index in [2.05, 4.69) is 35.0 Å². The van der Waals surface area contributed by atoms with Gasteiger partial charge in [-0.2, -0.15) is 0 Å². The summed E-state index contributed by atoms with van der Waals surface area (Å²) in [6, 6.07) is 26.6. The van der Waals surface area contributed by atoms with E-state index >= 15 is 0 Å². The number of hydrogen-bond acceptors (Lipinski definition) is 6. The SMILES string of the molecule is CCOC(=O)C1(C(=O)OCC)C[C@@H](c2cn(Cc3ccccc3)c3ccccc23)[C@H](C(=O)c2ccccc2)[C@H]1N(C)C. The van der Waals surface area contributed by atoms with Crippen LogP contribution >= 0.6 is 0 Å². The van der Waals surface area contributed by atoms with Crippen LogP contribution < -0.4 is 0 Å². The van der Waals surface area contributed by atoms with E-state index in [1.807, 2.05) is 67.5 Å². The standard InChI is InChI=1S/C35H38N2O5/c1-5-41-33(39)35(34(40)42-6-2)21-27(30(32(35)36(3)4)31(38)25-17-11-8-12-18-25)28-23-37(22-24-15-9-7-10-16-24)29-20-14-13-19-26(28)29/h7-20,23,27,30,32H,5-6,21-22H2,1-4H3/t27-,30+,32+/m0/s1. The molecule has 3 atom stereocenters. The Kier molecular flexibility index (Phi) is 8.59. The van der Waals surface area contributed by atoms with Crippen LogP contribution in [-0.2, 0) is 25.6 Å². The van der Waals surface area contributed by atoms with Crippen molar-refractivity contribution in [3.8, 4) is 0 Å². The summed E-state index contributed by atoms with van der Waals surface area (Å²) in [6.07, 6.45) is 2.18. The number of carbonyl (C=O) groups excluding carboxylic acids is 3. The lowest BCUT2D eigenvalue weighted by Crippen LogP contribution is -2.55. The van der Waals surface area contributed by atoms with Crippen LogP contribution in [0.1, 0.15) is 47.7 Å². The van der Waals surface area contributed by atoms with Crippen LogP contribution in [0.25, 0.3) is 10.9 Å². The smallest absolute Gasteiger partial charge is 0.325 e. The predicted molar refractivity (Wildman–Crippen MR) is 162 cm³/mol. The number of fused-ring (bicyclic) bond motifs is 1. The van der Waals surface area contributed by atoms with E-state index in [0.717, 1.165) is 22.0 Å². The number of aromatic nitrogens is 1. The van der Waals surface area contributed by atoms with Gasteiger partial charge < -0.3 is 18.9 Å². The number of para-hydroxylation sites is 1. The second-order valence-corrected chi connectivity index (χ2v) is 11.1. The van der Waals surface area contributed by atoms with Gasteiger partial charge in [0.25, 0.3) is 0 Å². The van der Waals surface area contributed by atoms with Crippen LogP contribution in [0.2, 0.25) is 0 Å². The molecule has 0 N–H and O–H groups in total. The Balaban J connectivity index is 1.74. The maximum atomic E-state index is 14.5. The zero-order valence-corrected chi connectivity index (χ0v) is 24.7. The van der Waals surface area contributed by atoms with E-state index in [4.69, 9.17) is 9.47 Å². The van der Waals surface area contributed by atoms with Crippen molar-refractivity contribution in [2.75, 3.05) is 27.3 Å². The van der Waals surface area contributed by atoms with Crippen LogP contribution in [0.4, 0.5) is 0 Å². The summed E-state index contributed by atoms with van der Waals surface area (Å²) < 4.78 is 13.4. The van der Waals surface area contributed by atoms with Gasteiger partial charge in [0.05, 0.1) is 13.2 Å². The molecule has 0 amide bonds. The first-order valence-corrected chi connectivity index (χ1v) is 14.5. The molecule has 0 unspecified atom stereocenters. The lowest BCUT2D eigenvalue weighted by atomic mass is 9.78. The van der Waals surface area contributed by atoms with Crippen molar-refractivity contribution in [3.05, 3.63) is 108 Å². The van der Waals surface area contributed by atoms with Crippen molar-refractivity contribution in [1.29, 1.82) is 0 Å². The molecule has 0 aliphatic heterocycles. The van der Waals surface area contributed by atoms with Gasteiger partial charge in [0.2, 0.25) is 0 Å². The molecule has 0 spiro atoms. The fourth-order valence-electron chi connectivity index (χ4n) is 6.80. The highest BCUT2D eigenvalue weighted by Gasteiger charge is 2.67. The number of Topliss-reactive ketones (excluding diaryl/α,β-unsaturated/α-hetero) is 1. The zero-order chi connectivity index (χ0) is 29.9. The van der Waals surface area contributed by atoms with Gasteiger partial charge in [-0.25, -0.2) is 0 Å². The topological polar surface area (TPSA) is 77.8 Å². The summed E-state index contributed by atoms with van der Waals surface area (Å²) in [4.78, 5) is 44.2. The molecule has 0 radical (unpaired) electrons. The third-order valence-corrected chi connectivity index (χ3v) is 8.43. The van der Waals surface area contributed by atoms with Gasteiger partial charge in [-0.15, -0.1) is 0 Å². The van der Waals surface area contributed by atoms with E-state index < -0.39 is 35.2 Å². The summed E-state index contributed by atoms with van der Waals surface area (Å²) in [6.45, 7) is 4.30. The van der Waals surface area contributed by atoms with Crippen molar-refractivity contribution >= 4 is 28.6 Å². The number of hydrogen-bond donors (Lipinski definition) is 0. The average Bonchev–Trinajstić information content (AvgIpc) is 3.55. The molecule has 0 saturated heterocycles. The normalized spacial score (nSPS) is 19.6. The van der Waals surface area contributed by atoms with Crippen LogP contribution in [0.15, 0.2) is 91.1 Å². The van der Waals surface area contributed by atoms with Gasteiger partial charge in [0.1, 0.15) is 0 Å². The summed E-state index contributed by atoms with van der Waals surface area (Å²) in [7, 11) is 3.62. The maximum absolute atomic E-state index is 14.5.